The number of aldehydes is 1. The number of carbonyl (C=O) groups is 1. The minimum Gasteiger partial charge on any atom is -0.298 e. The smallest absolute Gasteiger partial charge is 0.150 e. The Hall–Kier alpha value is -1.61. The van der Waals surface area contributed by atoms with E-state index < -0.39 is 0 Å². The average Bonchev–Trinajstić information content (AvgIpc) is 2.33. The van der Waals surface area contributed by atoms with Crippen molar-refractivity contribution in [2.75, 3.05) is 0 Å². The van der Waals surface area contributed by atoms with Gasteiger partial charge < -0.3 is 0 Å². The van der Waals surface area contributed by atoms with E-state index >= 15 is 0 Å². The summed E-state index contributed by atoms with van der Waals surface area (Å²) in [6, 6.07) is 13.6. The Morgan fingerprint density at radius 1 is 0.875 bits per heavy atom. The first-order valence-corrected chi connectivity index (χ1v) is 5.58. The summed E-state index contributed by atoms with van der Waals surface area (Å²) in [6.07, 6.45) is 0.812. The molecule has 0 aliphatic carbocycles. The second-order valence-electron chi connectivity index (χ2n) is 3.24. The van der Waals surface area contributed by atoms with Crippen LogP contribution in [-0.2, 0) is 0 Å². The van der Waals surface area contributed by atoms with Crippen LogP contribution in [0.15, 0.2) is 58.3 Å². The Morgan fingerprint density at radius 2 is 1.38 bits per heavy atom. The molecular formula is C13H9FOS. The molecule has 0 unspecified atom stereocenters. The maximum absolute atomic E-state index is 12.7. The fourth-order valence-electron chi connectivity index (χ4n) is 1.25. The second kappa shape index (κ2) is 4.94. The highest BCUT2D eigenvalue weighted by Gasteiger charge is 1.98. The molecule has 0 atom stereocenters. The van der Waals surface area contributed by atoms with Gasteiger partial charge in [0.2, 0.25) is 0 Å². The first kappa shape index (κ1) is 10.9. The van der Waals surface area contributed by atoms with Crippen molar-refractivity contribution in [1.82, 2.24) is 0 Å². The average molecular weight is 232 g/mol. The maximum atomic E-state index is 12.7. The van der Waals surface area contributed by atoms with Gasteiger partial charge in [-0.2, -0.15) is 0 Å². The molecule has 2 aromatic rings. The number of hydrogen-bond acceptors (Lipinski definition) is 2. The molecule has 0 saturated heterocycles. The molecule has 0 N–H and O–H groups in total. The standard InChI is InChI=1S/C13H9FOS/c14-11-3-7-13(8-4-11)16-12-5-1-10(9-15)2-6-12/h1-9H. The number of halogens is 1. The molecule has 3 heteroatoms. The maximum Gasteiger partial charge on any atom is 0.150 e. The van der Waals surface area contributed by atoms with Crippen molar-refractivity contribution in [3.05, 3.63) is 59.9 Å². The van der Waals surface area contributed by atoms with Crippen LogP contribution in [0, 0.1) is 5.82 Å². The molecule has 0 saturated carbocycles. The zero-order valence-electron chi connectivity index (χ0n) is 8.39. The first-order chi connectivity index (χ1) is 7.78. The van der Waals surface area contributed by atoms with E-state index in [1.165, 1.54) is 23.9 Å². The number of rotatable bonds is 3. The molecule has 80 valence electrons. The van der Waals surface area contributed by atoms with Crippen molar-refractivity contribution in [3.8, 4) is 0 Å². The zero-order chi connectivity index (χ0) is 11.4. The monoisotopic (exact) mass is 232 g/mol. The normalized spacial score (nSPS) is 10.1. The fourth-order valence-corrected chi connectivity index (χ4v) is 2.07. The molecule has 1 nitrogen and oxygen atoms in total. The molecule has 0 fully saturated rings. The first-order valence-electron chi connectivity index (χ1n) is 4.76. The molecular weight excluding hydrogens is 223 g/mol. The van der Waals surface area contributed by atoms with Crippen LogP contribution in [0.2, 0.25) is 0 Å². The third-order valence-corrected chi connectivity index (χ3v) is 3.08. The summed E-state index contributed by atoms with van der Waals surface area (Å²) in [5, 5.41) is 0. The molecule has 0 aromatic heterocycles. The van der Waals surface area contributed by atoms with Gasteiger partial charge in [-0.15, -0.1) is 0 Å². The highest BCUT2D eigenvalue weighted by atomic mass is 32.2. The van der Waals surface area contributed by atoms with Crippen molar-refractivity contribution in [3.63, 3.8) is 0 Å². The lowest BCUT2D eigenvalue weighted by atomic mass is 10.2. The minimum atomic E-state index is -0.236. The quantitative estimate of drug-likeness (QED) is 0.749. The second-order valence-corrected chi connectivity index (χ2v) is 4.39. The van der Waals surface area contributed by atoms with Crippen LogP contribution in [0.25, 0.3) is 0 Å². The predicted octanol–water partition coefficient (Wildman–Crippen LogP) is 3.79. The van der Waals surface area contributed by atoms with Gasteiger partial charge in [0.25, 0.3) is 0 Å². The summed E-state index contributed by atoms with van der Waals surface area (Å²) >= 11 is 1.53. The summed E-state index contributed by atoms with van der Waals surface area (Å²) in [4.78, 5) is 12.5. The third-order valence-electron chi connectivity index (χ3n) is 2.07. The number of carbonyl (C=O) groups excluding carboxylic acids is 1. The van der Waals surface area contributed by atoms with E-state index in [2.05, 4.69) is 0 Å². The number of benzene rings is 2. The van der Waals surface area contributed by atoms with E-state index in [4.69, 9.17) is 0 Å². The van der Waals surface area contributed by atoms with Gasteiger partial charge in [0.15, 0.2) is 0 Å². The molecule has 16 heavy (non-hydrogen) atoms. The van der Waals surface area contributed by atoms with Gasteiger partial charge in [-0.3, -0.25) is 4.79 Å². The lowest BCUT2D eigenvalue weighted by molar-refractivity contribution is 0.112. The Balaban J connectivity index is 2.14. The summed E-state index contributed by atoms with van der Waals surface area (Å²) in [5.41, 5.74) is 0.656. The van der Waals surface area contributed by atoms with Gasteiger partial charge >= 0.3 is 0 Å². The fraction of sp³-hybridized carbons (Fsp3) is 0. The van der Waals surface area contributed by atoms with E-state index in [0.29, 0.717) is 5.56 Å². The van der Waals surface area contributed by atoms with Gasteiger partial charge in [-0.1, -0.05) is 23.9 Å². The van der Waals surface area contributed by atoms with Crippen molar-refractivity contribution >= 4 is 18.0 Å². The van der Waals surface area contributed by atoms with Crippen molar-refractivity contribution in [2.45, 2.75) is 9.79 Å². The zero-order valence-corrected chi connectivity index (χ0v) is 9.21. The minimum absolute atomic E-state index is 0.236. The summed E-state index contributed by atoms with van der Waals surface area (Å²) < 4.78 is 12.7. The molecule has 0 bridgehead atoms. The van der Waals surface area contributed by atoms with Gasteiger partial charge in [0.1, 0.15) is 12.1 Å². The van der Waals surface area contributed by atoms with Crippen LogP contribution in [0.1, 0.15) is 10.4 Å². The SMILES string of the molecule is O=Cc1ccc(Sc2ccc(F)cc2)cc1. The molecule has 0 heterocycles. The van der Waals surface area contributed by atoms with E-state index in [1.54, 1.807) is 24.3 Å². The molecule has 0 radical (unpaired) electrons. The van der Waals surface area contributed by atoms with Crippen LogP contribution in [0.5, 0.6) is 0 Å². The summed E-state index contributed by atoms with van der Waals surface area (Å²) in [5.74, 6) is -0.236. The Morgan fingerprint density at radius 3 is 1.88 bits per heavy atom. The number of hydrogen-bond donors (Lipinski definition) is 0. The van der Waals surface area contributed by atoms with Crippen LogP contribution >= 0.6 is 11.8 Å². The van der Waals surface area contributed by atoms with E-state index in [-0.39, 0.29) is 5.82 Å². The van der Waals surface area contributed by atoms with Crippen LogP contribution in [0.4, 0.5) is 4.39 Å². The molecule has 2 rings (SSSR count). The van der Waals surface area contributed by atoms with Crippen LogP contribution in [-0.4, -0.2) is 6.29 Å². The van der Waals surface area contributed by atoms with Gasteiger partial charge in [0, 0.05) is 15.4 Å². The molecule has 0 amide bonds. The highest BCUT2D eigenvalue weighted by Crippen LogP contribution is 2.27. The summed E-state index contributed by atoms with van der Waals surface area (Å²) in [6.45, 7) is 0. The van der Waals surface area contributed by atoms with Crippen molar-refractivity contribution < 1.29 is 9.18 Å². The lowest BCUT2D eigenvalue weighted by Gasteiger charge is -2.01. The Labute approximate surface area is 97.3 Å². The van der Waals surface area contributed by atoms with E-state index in [9.17, 15) is 9.18 Å². The topological polar surface area (TPSA) is 17.1 Å². The molecule has 0 aliphatic rings. The van der Waals surface area contributed by atoms with Crippen LogP contribution < -0.4 is 0 Å². The van der Waals surface area contributed by atoms with Gasteiger partial charge in [-0.25, -0.2) is 4.39 Å². The summed E-state index contributed by atoms with van der Waals surface area (Å²) in [7, 11) is 0. The highest BCUT2D eigenvalue weighted by molar-refractivity contribution is 7.99. The van der Waals surface area contributed by atoms with Crippen molar-refractivity contribution in [2.24, 2.45) is 0 Å². The Bertz CT molecular complexity index is 476. The largest absolute Gasteiger partial charge is 0.298 e. The van der Waals surface area contributed by atoms with Crippen LogP contribution in [0.3, 0.4) is 0 Å². The van der Waals surface area contributed by atoms with E-state index in [1.807, 2.05) is 12.1 Å². The molecule has 2 aromatic carbocycles. The van der Waals surface area contributed by atoms with Gasteiger partial charge in [0.05, 0.1) is 0 Å². The third kappa shape index (κ3) is 2.70. The molecule has 0 spiro atoms. The predicted molar refractivity (Wildman–Crippen MR) is 62.4 cm³/mol. The lowest BCUT2D eigenvalue weighted by Crippen LogP contribution is -1.79. The molecule has 0 aliphatic heterocycles. The van der Waals surface area contributed by atoms with Gasteiger partial charge in [-0.05, 0) is 36.4 Å². The Kier molecular flexibility index (Phi) is 3.37. The van der Waals surface area contributed by atoms with E-state index in [0.717, 1.165) is 16.1 Å². The van der Waals surface area contributed by atoms with Crippen molar-refractivity contribution in [1.29, 1.82) is 0 Å².